The normalized spacial score (nSPS) is 13.8. The molecule has 168 valence electrons. The molecule has 4 aromatic rings. The maximum Gasteiger partial charge on any atom is 0.228 e. The van der Waals surface area contributed by atoms with Gasteiger partial charge < -0.3 is 14.2 Å². The lowest BCUT2D eigenvalue weighted by molar-refractivity contribution is 0.413. The zero-order chi connectivity index (χ0) is 22.8. The molecule has 1 aliphatic rings. The summed E-state index contributed by atoms with van der Waals surface area (Å²) in [6, 6.07) is 12.5. The van der Waals surface area contributed by atoms with Crippen LogP contribution < -0.4 is 9.64 Å². The van der Waals surface area contributed by atoms with Crippen molar-refractivity contribution < 1.29 is 9.13 Å². The van der Waals surface area contributed by atoms with E-state index >= 15 is 0 Å². The lowest BCUT2D eigenvalue weighted by Gasteiger charge is -2.21. The molecule has 0 amide bonds. The van der Waals surface area contributed by atoms with Gasteiger partial charge in [0.2, 0.25) is 5.95 Å². The number of aryl methyl sites for hydroxylation is 2. The molecule has 3 heterocycles. The van der Waals surface area contributed by atoms with E-state index < -0.39 is 0 Å². The highest BCUT2D eigenvalue weighted by Gasteiger charge is 2.20. The molecule has 2 aromatic carbocycles. The predicted octanol–water partition coefficient (Wildman–Crippen LogP) is 5.02. The second kappa shape index (κ2) is 8.90. The first-order valence-electron chi connectivity index (χ1n) is 11.0. The van der Waals surface area contributed by atoms with E-state index in [1.807, 2.05) is 52.7 Å². The molecule has 0 radical (unpaired) electrons. The number of imidazole rings is 1. The first-order chi connectivity index (χ1) is 16.1. The second-order valence-electron chi connectivity index (χ2n) is 8.02. The first kappa shape index (κ1) is 20.9. The number of halogens is 1. The molecule has 0 aliphatic carbocycles. The molecule has 7 nitrogen and oxygen atoms in total. The second-order valence-corrected chi connectivity index (χ2v) is 8.02. The van der Waals surface area contributed by atoms with E-state index in [0.29, 0.717) is 5.82 Å². The van der Waals surface area contributed by atoms with Crippen LogP contribution in [0.4, 0.5) is 16.0 Å². The standard InChI is InChI=1S/C25H25FN6O/c1-18-16-30(17-27-18)22-11-5-19(15-23(22)33-2)6-12-24-28-25-31(13-3-4-14-32(25)29-24)21-9-7-20(26)8-10-21/h5-12,15-17H,3-4,13-14H2,1-2H3. The van der Waals surface area contributed by atoms with Crippen LogP contribution in [-0.4, -0.2) is 38.0 Å². The minimum absolute atomic E-state index is 0.247. The van der Waals surface area contributed by atoms with Gasteiger partial charge >= 0.3 is 0 Å². The van der Waals surface area contributed by atoms with Crippen molar-refractivity contribution in [2.45, 2.75) is 26.3 Å². The molecule has 8 heteroatoms. The fourth-order valence-electron chi connectivity index (χ4n) is 4.00. The summed E-state index contributed by atoms with van der Waals surface area (Å²) in [6.45, 7) is 3.58. The zero-order valence-electron chi connectivity index (χ0n) is 18.6. The summed E-state index contributed by atoms with van der Waals surface area (Å²) in [6.07, 6.45) is 9.66. The fourth-order valence-corrected chi connectivity index (χ4v) is 4.00. The predicted molar refractivity (Wildman–Crippen MR) is 126 cm³/mol. The van der Waals surface area contributed by atoms with E-state index in [1.165, 1.54) is 12.1 Å². The molecule has 1 aliphatic heterocycles. The van der Waals surface area contributed by atoms with E-state index in [-0.39, 0.29) is 5.82 Å². The number of hydrogen-bond acceptors (Lipinski definition) is 5. The molecule has 33 heavy (non-hydrogen) atoms. The topological polar surface area (TPSA) is 61.0 Å². The molecular formula is C25H25FN6O. The number of anilines is 2. The average Bonchev–Trinajstić information content (AvgIpc) is 3.39. The monoisotopic (exact) mass is 444 g/mol. The van der Waals surface area contributed by atoms with Crippen molar-refractivity contribution in [1.29, 1.82) is 0 Å². The Morgan fingerprint density at radius 2 is 1.85 bits per heavy atom. The molecule has 0 saturated carbocycles. The van der Waals surface area contributed by atoms with Crippen LogP contribution in [0.25, 0.3) is 17.8 Å². The summed E-state index contributed by atoms with van der Waals surface area (Å²) in [4.78, 5) is 11.2. The number of nitrogens with zero attached hydrogens (tertiary/aromatic N) is 6. The fraction of sp³-hybridized carbons (Fsp3) is 0.240. The van der Waals surface area contributed by atoms with Gasteiger partial charge in [0, 0.05) is 25.0 Å². The smallest absolute Gasteiger partial charge is 0.228 e. The molecule has 0 spiro atoms. The zero-order valence-corrected chi connectivity index (χ0v) is 18.6. The van der Waals surface area contributed by atoms with Crippen LogP contribution in [0.5, 0.6) is 5.75 Å². The van der Waals surface area contributed by atoms with Gasteiger partial charge in [0.05, 0.1) is 24.8 Å². The van der Waals surface area contributed by atoms with Gasteiger partial charge in [-0.05, 0) is 67.8 Å². The lowest BCUT2D eigenvalue weighted by Crippen LogP contribution is -2.20. The Balaban J connectivity index is 1.41. The Kier molecular flexibility index (Phi) is 5.64. The van der Waals surface area contributed by atoms with E-state index in [1.54, 1.807) is 25.6 Å². The summed E-state index contributed by atoms with van der Waals surface area (Å²) in [7, 11) is 1.66. The van der Waals surface area contributed by atoms with Crippen molar-refractivity contribution in [2.24, 2.45) is 0 Å². The van der Waals surface area contributed by atoms with Gasteiger partial charge in [0.25, 0.3) is 0 Å². The van der Waals surface area contributed by atoms with Gasteiger partial charge in [-0.3, -0.25) is 0 Å². The third-order valence-corrected chi connectivity index (χ3v) is 5.67. The SMILES string of the molecule is COc1cc(C=Cc2nc3n(n2)CCCCN3c2ccc(F)cc2)ccc1-n1cnc(C)c1. The van der Waals surface area contributed by atoms with Gasteiger partial charge in [0.15, 0.2) is 5.82 Å². The highest BCUT2D eigenvalue weighted by Crippen LogP contribution is 2.28. The van der Waals surface area contributed by atoms with Crippen LogP contribution in [-0.2, 0) is 6.54 Å². The van der Waals surface area contributed by atoms with Crippen LogP contribution in [0.3, 0.4) is 0 Å². The largest absolute Gasteiger partial charge is 0.495 e. The Labute approximate surface area is 191 Å². The number of ether oxygens (including phenoxy) is 1. The molecule has 0 unspecified atom stereocenters. The Morgan fingerprint density at radius 1 is 1.03 bits per heavy atom. The summed E-state index contributed by atoms with van der Waals surface area (Å²) in [5, 5.41) is 4.69. The van der Waals surface area contributed by atoms with E-state index in [9.17, 15) is 4.39 Å². The summed E-state index contributed by atoms with van der Waals surface area (Å²) >= 11 is 0. The third-order valence-electron chi connectivity index (χ3n) is 5.67. The number of hydrogen-bond donors (Lipinski definition) is 0. The van der Waals surface area contributed by atoms with Crippen molar-refractivity contribution in [2.75, 3.05) is 18.6 Å². The summed E-state index contributed by atoms with van der Waals surface area (Å²) < 4.78 is 22.9. The molecule has 0 atom stereocenters. The maximum atomic E-state index is 13.4. The first-order valence-corrected chi connectivity index (χ1v) is 11.0. The quantitative estimate of drug-likeness (QED) is 0.432. The molecular weight excluding hydrogens is 419 g/mol. The van der Waals surface area contributed by atoms with Crippen molar-refractivity contribution in [3.63, 3.8) is 0 Å². The van der Waals surface area contributed by atoms with Gasteiger partial charge in [-0.1, -0.05) is 12.1 Å². The van der Waals surface area contributed by atoms with Crippen molar-refractivity contribution in [1.82, 2.24) is 24.3 Å². The number of benzene rings is 2. The number of fused-ring (bicyclic) bond motifs is 1. The summed E-state index contributed by atoms with van der Waals surface area (Å²) in [5.74, 6) is 1.92. The number of methoxy groups -OCH3 is 1. The van der Waals surface area contributed by atoms with Crippen LogP contribution in [0.1, 0.15) is 29.9 Å². The average molecular weight is 445 g/mol. The van der Waals surface area contributed by atoms with Crippen molar-refractivity contribution >= 4 is 23.8 Å². The van der Waals surface area contributed by atoms with E-state index in [0.717, 1.165) is 60.3 Å². The van der Waals surface area contributed by atoms with Gasteiger partial charge in [-0.2, -0.15) is 4.98 Å². The molecule has 5 rings (SSSR count). The minimum Gasteiger partial charge on any atom is -0.495 e. The Morgan fingerprint density at radius 3 is 2.61 bits per heavy atom. The molecule has 0 N–H and O–H groups in total. The maximum absolute atomic E-state index is 13.4. The lowest BCUT2D eigenvalue weighted by atomic mass is 10.1. The Hall–Kier alpha value is -3.94. The highest BCUT2D eigenvalue weighted by atomic mass is 19.1. The molecule has 2 aromatic heterocycles. The van der Waals surface area contributed by atoms with Crippen LogP contribution in [0, 0.1) is 12.7 Å². The van der Waals surface area contributed by atoms with Gasteiger partial charge in [-0.25, -0.2) is 14.1 Å². The van der Waals surface area contributed by atoms with Crippen LogP contribution in [0.15, 0.2) is 55.0 Å². The third kappa shape index (κ3) is 4.37. The van der Waals surface area contributed by atoms with E-state index in [2.05, 4.69) is 15.0 Å². The van der Waals surface area contributed by atoms with Gasteiger partial charge in [0.1, 0.15) is 11.6 Å². The highest BCUT2D eigenvalue weighted by molar-refractivity contribution is 5.70. The van der Waals surface area contributed by atoms with Gasteiger partial charge in [-0.15, -0.1) is 5.10 Å². The van der Waals surface area contributed by atoms with Crippen LogP contribution in [0.2, 0.25) is 0 Å². The Bertz CT molecular complexity index is 1290. The number of aromatic nitrogens is 5. The summed E-state index contributed by atoms with van der Waals surface area (Å²) in [5.41, 5.74) is 3.77. The van der Waals surface area contributed by atoms with Crippen molar-refractivity contribution in [3.8, 4) is 11.4 Å². The van der Waals surface area contributed by atoms with E-state index in [4.69, 9.17) is 9.72 Å². The minimum atomic E-state index is -0.247. The molecule has 0 fully saturated rings. The van der Waals surface area contributed by atoms with Crippen molar-refractivity contribution in [3.05, 3.63) is 77.9 Å². The molecule has 0 bridgehead atoms. The number of rotatable bonds is 5. The van der Waals surface area contributed by atoms with Crippen LogP contribution >= 0.6 is 0 Å². The molecule has 0 saturated heterocycles.